The maximum atomic E-state index is 5.21. The second-order valence-corrected chi connectivity index (χ2v) is 14.4. The number of fused-ring (bicyclic) bond motifs is 5. The summed E-state index contributed by atoms with van der Waals surface area (Å²) >= 11 is 0. The van der Waals surface area contributed by atoms with Crippen molar-refractivity contribution in [3.8, 4) is 67.5 Å². The molecule has 10 rings (SSSR count). The molecule has 0 unspecified atom stereocenters. The predicted octanol–water partition coefficient (Wildman–Crippen LogP) is 12.8. The normalized spacial score (nSPS) is 12.9. The molecule has 0 radical (unpaired) electrons. The second kappa shape index (κ2) is 12.2. The molecule has 0 fully saturated rings. The van der Waals surface area contributed by atoms with Crippen molar-refractivity contribution in [1.82, 2.24) is 15.0 Å². The smallest absolute Gasteiger partial charge is 0.164 e. The zero-order chi connectivity index (χ0) is 35.5. The van der Waals surface area contributed by atoms with Crippen LogP contribution in [0.15, 0.2) is 176 Å². The topological polar surface area (TPSA) is 38.7 Å². The molecule has 1 aromatic heterocycles. The SMILES string of the molecule is CC1(C)c2ccccc2-c2c(-c3ccc4cc(-c5nc(-c6ccccc6)nc(-c6cccc7cccc(-c8ccccc8)c67)n5)ccc4c3)cccc21. The highest BCUT2D eigenvalue weighted by Gasteiger charge is 2.36. The van der Waals surface area contributed by atoms with Crippen molar-refractivity contribution in [2.24, 2.45) is 0 Å². The average Bonchev–Trinajstić information content (AvgIpc) is 3.46. The van der Waals surface area contributed by atoms with Gasteiger partial charge in [-0.1, -0.05) is 178 Å². The summed E-state index contributed by atoms with van der Waals surface area (Å²) in [5, 5.41) is 4.58. The number of hydrogen-bond acceptors (Lipinski definition) is 3. The monoisotopic (exact) mass is 677 g/mol. The molecule has 1 heterocycles. The summed E-state index contributed by atoms with van der Waals surface area (Å²) < 4.78 is 0. The second-order valence-electron chi connectivity index (χ2n) is 14.4. The lowest BCUT2D eigenvalue weighted by molar-refractivity contribution is 0.660. The molecule has 3 heteroatoms. The molecular formula is C50H35N3. The summed E-state index contributed by atoms with van der Waals surface area (Å²) in [5.74, 6) is 1.95. The molecule has 8 aromatic carbocycles. The van der Waals surface area contributed by atoms with Crippen molar-refractivity contribution < 1.29 is 0 Å². The van der Waals surface area contributed by atoms with Crippen LogP contribution in [0.3, 0.4) is 0 Å². The Balaban J connectivity index is 1.11. The number of nitrogens with zero attached hydrogens (tertiary/aromatic N) is 3. The lowest BCUT2D eigenvalue weighted by Crippen LogP contribution is -2.14. The third-order valence-corrected chi connectivity index (χ3v) is 10.9. The standard InChI is InChI=1S/C50H35N3/c1-50(2)43-24-10-9-20-41(43)46-40(22-13-25-44(46)50)37-28-26-36-31-38(29-27-35(36)30-37)48-51-47(34-16-7-4-8-17-34)52-49(53-48)42-23-12-19-33-18-11-21-39(45(33)42)32-14-5-3-6-15-32/h3-31H,1-2H3. The highest BCUT2D eigenvalue weighted by atomic mass is 15.0. The van der Waals surface area contributed by atoms with Crippen molar-refractivity contribution >= 4 is 21.5 Å². The van der Waals surface area contributed by atoms with Crippen molar-refractivity contribution in [3.63, 3.8) is 0 Å². The average molecular weight is 678 g/mol. The van der Waals surface area contributed by atoms with Gasteiger partial charge in [-0.3, -0.25) is 0 Å². The van der Waals surface area contributed by atoms with E-state index in [4.69, 9.17) is 15.0 Å². The first-order valence-electron chi connectivity index (χ1n) is 18.2. The van der Waals surface area contributed by atoms with Crippen LogP contribution in [-0.2, 0) is 5.41 Å². The van der Waals surface area contributed by atoms with E-state index in [1.165, 1.54) is 38.8 Å². The lowest BCUT2D eigenvalue weighted by atomic mass is 9.82. The molecule has 0 bridgehead atoms. The minimum Gasteiger partial charge on any atom is -0.208 e. The third-order valence-electron chi connectivity index (χ3n) is 10.9. The van der Waals surface area contributed by atoms with Crippen LogP contribution in [0.25, 0.3) is 89.1 Å². The van der Waals surface area contributed by atoms with Gasteiger partial charge in [0.2, 0.25) is 0 Å². The van der Waals surface area contributed by atoms with Crippen LogP contribution in [0, 0.1) is 0 Å². The maximum absolute atomic E-state index is 5.21. The van der Waals surface area contributed by atoms with E-state index in [1.807, 2.05) is 18.2 Å². The summed E-state index contributed by atoms with van der Waals surface area (Å²) in [7, 11) is 0. The maximum Gasteiger partial charge on any atom is 0.164 e. The summed E-state index contributed by atoms with van der Waals surface area (Å²) in [6.07, 6.45) is 0. The van der Waals surface area contributed by atoms with E-state index >= 15 is 0 Å². The highest BCUT2D eigenvalue weighted by Crippen LogP contribution is 2.52. The third kappa shape index (κ3) is 5.16. The molecule has 3 nitrogen and oxygen atoms in total. The first kappa shape index (κ1) is 31.1. The predicted molar refractivity (Wildman–Crippen MR) is 220 cm³/mol. The number of benzene rings is 8. The van der Waals surface area contributed by atoms with Gasteiger partial charge in [-0.05, 0) is 72.8 Å². The quantitative estimate of drug-likeness (QED) is 0.182. The van der Waals surface area contributed by atoms with Crippen molar-refractivity contribution in [1.29, 1.82) is 0 Å². The molecule has 0 N–H and O–H groups in total. The molecule has 250 valence electrons. The summed E-state index contributed by atoms with van der Waals surface area (Å²) in [6, 6.07) is 62.5. The van der Waals surface area contributed by atoms with E-state index in [0.717, 1.165) is 44.0 Å². The van der Waals surface area contributed by atoms with Crippen LogP contribution in [0.1, 0.15) is 25.0 Å². The van der Waals surface area contributed by atoms with Crippen LogP contribution in [0.4, 0.5) is 0 Å². The van der Waals surface area contributed by atoms with Crippen LogP contribution in [0.5, 0.6) is 0 Å². The highest BCUT2D eigenvalue weighted by molar-refractivity contribution is 6.05. The molecule has 0 atom stereocenters. The van der Waals surface area contributed by atoms with Crippen molar-refractivity contribution in [3.05, 3.63) is 187 Å². The first-order valence-corrected chi connectivity index (χ1v) is 18.2. The molecule has 0 spiro atoms. The van der Waals surface area contributed by atoms with Crippen LogP contribution in [0.2, 0.25) is 0 Å². The molecule has 0 saturated heterocycles. The van der Waals surface area contributed by atoms with Crippen molar-refractivity contribution in [2.45, 2.75) is 19.3 Å². The number of hydrogen-bond donors (Lipinski definition) is 0. The van der Waals surface area contributed by atoms with E-state index in [1.54, 1.807) is 0 Å². The van der Waals surface area contributed by atoms with Gasteiger partial charge in [-0.2, -0.15) is 0 Å². The van der Waals surface area contributed by atoms with Gasteiger partial charge in [-0.25, -0.2) is 15.0 Å². The molecule has 0 amide bonds. The molecule has 53 heavy (non-hydrogen) atoms. The summed E-state index contributed by atoms with van der Waals surface area (Å²) in [4.78, 5) is 15.4. The van der Waals surface area contributed by atoms with Crippen LogP contribution >= 0.6 is 0 Å². The Morgan fingerprint density at radius 1 is 0.340 bits per heavy atom. The Kier molecular flexibility index (Phi) is 7.16. The van der Waals surface area contributed by atoms with Crippen LogP contribution < -0.4 is 0 Å². The fourth-order valence-corrected chi connectivity index (χ4v) is 8.27. The summed E-state index contributed by atoms with van der Waals surface area (Å²) in [6.45, 7) is 4.67. The van der Waals surface area contributed by atoms with Gasteiger partial charge in [0.15, 0.2) is 17.5 Å². The van der Waals surface area contributed by atoms with E-state index in [0.29, 0.717) is 17.5 Å². The van der Waals surface area contributed by atoms with Gasteiger partial charge in [0, 0.05) is 27.5 Å². The van der Waals surface area contributed by atoms with Gasteiger partial charge in [0.25, 0.3) is 0 Å². The molecule has 1 aliphatic carbocycles. The summed E-state index contributed by atoms with van der Waals surface area (Å²) in [5.41, 5.74) is 13.1. The lowest BCUT2D eigenvalue weighted by Gasteiger charge is -2.21. The zero-order valence-electron chi connectivity index (χ0n) is 29.6. The minimum absolute atomic E-state index is 0.0369. The Morgan fingerprint density at radius 3 is 1.62 bits per heavy atom. The van der Waals surface area contributed by atoms with Crippen molar-refractivity contribution in [2.75, 3.05) is 0 Å². The van der Waals surface area contributed by atoms with Gasteiger partial charge >= 0.3 is 0 Å². The number of aromatic nitrogens is 3. The molecule has 0 aliphatic heterocycles. The van der Waals surface area contributed by atoms with E-state index < -0.39 is 0 Å². The zero-order valence-corrected chi connectivity index (χ0v) is 29.6. The Labute approximate surface area is 309 Å². The van der Waals surface area contributed by atoms with E-state index in [9.17, 15) is 0 Å². The Bertz CT molecular complexity index is 2850. The first-order chi connectivity index (χ1) is 26.0. The Morgan fingerprint density at radius 2 is 0.868 bits per heavy atom. The molecular weight excluding hydrogens is 643 g/mol. The number of rotatable bonds is 5. The minimum atomic E-state index is -0.0369. The van der Waals surface area contributed by atoms with Gasteiger partial charge in [0.05, 0.1) is 0 Å². The van der Waals surface area contributed by atoms with E-state index in [-0.39, 0.29) is 5.41 Å². The van der Waals surface area contributed by atoms with Gasteiger partial charge in [0.1, 0.15) is 0 Å². The molecule has 0 saturated carbocycles. The molecule has 1 aliphatic rings. The fraction of sp³-hybridized carbons (Fsp3) is 0.0600. The van der Waals surface area contributed by atoms with Gasteiger partial charge in [-0.15, -0.1) is 0 Å². The Hall–Kier alpha value is -6.71. The van der Waals surface area contributed by atoms with E-state index in [2.05, 4.69) is 172 Å². The van der Waals surface area contributed by atoms with Crippen LogP contribution in [-0.4, -0.2) is 15.0 Å². The van der Waals surface area contributed by atoms with Gasteiger partial charge < -0.3 is 0 Å². The largest absolute Gasteiger partial charge is 0.208 e. The molecule has 9 aromatic rings. The fourth-order valence-electron chi connectivity index (χ4n) is 8.27.